The zero-order chi connectivity index (χ0) is 11.4. The van der Waals surface area contributed by atoms with Crippen molar-refractivity contribution >= 4 is 17.3 Å². The lowest BCUT2D eigenvalue weighted by atomic mass is 9.99. The molecule has 0 aromatic carbocycles. The van der Waals surface area contributed by atoms with E-state index in [1.807, 2.05) is 6.92 Å². The van der Waals surface area contributed by atoms with E-state index in [9.17, 15) is 0 Å². The Morgan fingerprint density at radius 3 is 2.73 bits per heavy atom. The van der Waals surface area contributed by atoms with Gasteiger partial charge in [0, 0.05) is 5.70 Å². The number of rotatable bonds is 1. The minimum absolute atomic E-state index is 0.404. The SMILES string of the molecule is CC1=CC=CC(C)C(C)=C1NC(=S)NN. The summed E-state index contributed by atoms with van der Waals surface area (Å²) >= 11 is 5.00. The molecule has 4 heteroatoms. The molecule has 0 saturated carbocycles. The number of hydrazine groups is 1. The minimum atomic E-state index is 0.404. The molecule has 0 amide bonds. The van der Waals surface area contributed by atoms with E-state index in [2.05, 4.69) is 42.8 Å². The van der Waals surface area contributed by atoms with Crippen LogP contribution in [-0.4, -0.2) is 5.11 Å². The molecule has 0 fully saturated rings. The van der Waals surface area contributed by atoms with Crippen molar-refractivity contribution in [2.24, 2.45) is 11.8 Å². The fraction of sp³-hybridized carbons (Fsp3) is 0.364. The van der Waals surface area contributed by atoms with Crippen molar-refractivity contribution in [3.63, 3.8) is 0 Å². The van der Waals surface area contributed by atoms with Crippen molar-refractivity contribution < 1.29 is 0 Å². The van der Waals surface area contributed by atoms with E-state index in [0.717, 1.165) is 11.3 Å². The zero-order valence-electron chi connectivity index (χ0n) is 9.29. The molecule has 0 aliphatic heterocycles. The fourth-order valence-electron chi connectivity index (χ4n) is 1.48. The van der Waals surface area contributed by atoms with E-state index in [1.165, 1.54) is 5.57 Å². The van der Waals surface area contributed by atoms with Gasteiger partial charge >= 0.3 is 0 Å². The lowest BCUT2D eigenvalue weighted by molar-refractivity contribution is 0.831. The molecule has 0 radical (unpaired) electrons. The molecule has 1 rings (SSSR count). The fourth-order valence-corrected chi connectivity index (χ4v) is 1.58. The van der Waals surface area contributed by atoms with E-state index >= 15 is 0 Å². The van der Waals surface area contributed by atoms with Gasteiger partial charge in [0.05, 0.1) is 0 Å². The first-order valence-corrected chi connectivity index (χ1v) is 5.31. The van der Waals surface area contributed by atoms with Gasteiger partial charge in [0.1, 0.15) is 0 Å². The summed E-state index contributed by atoms with van der Waals surface area (Å²) in [5.41, 5.74) is 5.90. The summed E-state index contributed by atoms with van der Waals surface area (Å²) in [6, 6.07) is 0. The van der Waals surface area contributed by atoms with Gasteiger partial charge in [-0.25, -0.2) is 5.84 Å². The molecule has 0 aromatic rings. The molecule has 3 nitrogen and oxygen atoms in total. The van der Waals surface area contributed by atoms with Gasteiger partial charge in [-0.15, -0.1) is 0 Å². The van der Waals surface area contributed by atoms with Gasteiger partial charge in [-0.1, -0.05) is 25.2 Å². The van der Waals surface area contributed by atoms with Crippen LogP contribution in [0.25, 0.3) is 0 Å². The van der Waals surface area contributed by atoms with E-state index in [-0.39, 0.29) is 0 Å². The lowest BCUT2D eigenvalue weighted by Gasteiger charge is -2.16. The Morgan fingerprint density at radius 1 is 1.47 bits per heavy atom. The zero-order valence-corrected chi connectivity index (χ0v) is 10.1. The third-order valence-corrected chi connectivity index (χ3v) is 2.81. The van der Waals surface area contributed by atoms with Crippen LogP contribution in [0.1, 0.15) is 20.8 Å². The van der Waals surface area contributed by atoms with E-state index < -0.39 is 0 Å². The Morgan fingerprint density at radius 2 is 2.13 bits per heavy atom. The molecule has 0 spiro atoms. The Labute approximate surface area is 96.1 Å². The molecule has 1 aliphatic rings. The second kappa shape index (κ2) is 5.09. The van der Waals surface area contributed by atoms with Crippen LogP contribution in [0, 0.1) is 5.92 Å². The molecule has 1 unspecified atom stereocenters. The Hall–Kier alpha value is -1.13. The summed E-state index contributed by atoms with van der Waals surface area (Å²) in [5.74, 6) is 5.65. The number of thiocarbonyl (C=S) groups is 1. The topological polar surface area (TPSA) is 50.1 Å². The van der Waals surface area contributed by atoms with Crippen LogP contribution < -0.4 is 16.6 Å². The van der Waals surface area contributed by atoms with Gasteiger partial charge in [-0.2, -0.15) is 0 Å². The first-order valence-electron chi connectivity index (χ1n) is 4.90. The summed E-state index contributed by atoms with van der Waals surface area (Å²) in [6.45, 7) is 6.30. The number of hydrogen-bond acceptors (Lipinski definition) is 2. The molecular formula is C11H17N3S. The Bertz CT molecular complexity index is 353. The van der Waals surface area contributed by atoms with Crippen molar-refractivity contribution in [3.05, 3.63) is 35.1 Å². The maximum absolute atomic E-state index is 5.24. The first kappa shape index (κ1) is 11.9. The summed E-state index contributed by atoms with van der Waals surface area (Å²) in [4.78, 5) is 0. The molecule has 0 aromatic heterocycles. The highest BCUT2D eigenvalue weighted by Gasteiger charge is 2.12. The largest absolute Gasteiger partial charge is 0.332 e. The standard InChI is InChI=1S/C11H17N3S/c1-7-5-4-6-8(2)10(9(7)3)13-11(15)14-12/h4-7H,12H2,1-3H3,(H2,13,14,15). The van der Waals surface area contributed by atoms with E-state index in [4.69, 9.17) is 18.1 Å². The number of hydrogen-bond donors (Lipinski definition) is 3. The van der Waals surface area contributed by atoms with Crippen LogP contribution >= 0.6 is 12.2 Å². The first-order chi connectivity index (χ1) is 7.06. The number of nitrogens with two attached hydrogens (primary N) is 1. The minimum Gasteiger partial charge on any atom is -0.332 e. The second-order valence-electron chi connectivity index (χ2n) is 3.68. The van der Waals surface area contributed by atoms with Crippen LogP contribution in [0.2, 0.25) is 0 Å². The van der Waals surface area contributed by atoms with Crippen LogP contribution in [0.3, 0.4) is 0 Å². The third kappa shape index (κ3) is 2.91. The van der Waals surface area contributed by atoms with Crippen molar-refractivity contribution in [2.45, 2.75) is 20.8 Å². The Kier molecular flexibility index (Phi) is 4.05. The molecular weight excluding hydrogens is 206 g/mol. The van der Waals surface area contributed by atoms with Crippen molar-refractivity contribution in [3.8, 4) is 0 Å². The van der Waals surface area contributed by atoms with Crippen LogP contribution in [-0.2, 0) is 0 Å². The monoisotopic (exact) mass is 223 g/mol. The predicted octanol–water partition coefficient (Wildman–Crippen LogP) is 1.75. The van der Waals surface area contributed by atoms with Gasteiger partial charge < -0.3 is 10.7 Å². The maximum Gasteiger partial charge on any atom is 0.185 e. The highest BCUT2D eigenvalue weighted by atomic mass is 32.1. The lowest BCUT2D eigenvalue weighted by Crippen LogP contribution is -2.39. The van der Waals surface area contributed by atoms with Gasteiger partial charge in [-0.3, -0.25) is 0 Å². The average molecular weight is 223 g/mol. The van der Waals surface area contributed by atoms with Crippen molar-refractivity contribution in [1.82, 2.24) is 10.7 Å². The highest BCUT2D eigenvalue weighted by Crippen LogP contribution is 2.22. The van der Waals surface area contributed by atoms with Gasteiger partial charge in [-0.05, 0) is 43.1 Å². The highest BCUT2D eigenvalue weighted by molar-refractivity contribution is 7.80. The molecule has 1 aliphatic carbocycles. The molecule has 0 saturated heterocycles. The molecule has 0 bridgehead atoms. The molecule has 15 heavy (non-hydrogen) atoms. The van der Waals surface area contributed by atoms with Crippen LogP contribution in [0.5, 0.6) is 0 Å². The number of nitrogens with one attached hydrogen (secondary N) is 2. The van der Waals surface area contributed by atoms with Gasteiger partial charge in [0.15, 0.2) is 5.11 Å². The summed E-state index contributed by atoms with van der Waals surface area (Å²) < 4.78 is 0. The van der Waals surface area contributed by atoms with Gasteiger partial charge in [0.2, 0.25) is 0 Å². The smallest absolute Gasteiger partial charge is 0.185 e. The van der Waals surface area contributed by atoms with Crippen molar-refractivity contribution in [2.75, 3.05) is 0 Å². The number of allylic oxidation sites excluding steroid dienone is 5. The van der Waals surface area contributed by atoms with Crippen molar-refractivity contribution in [1.29, 1.82) is 0 Å². The third-order valence-electron chi connectivity index (χ3n) is 2.59. The maximum atomic E-state index is 5.24. The van der Waals surface area contributed by atoms with Crippen LogP contribution in [0.4, 0.5) is 0 Å². The second-order valence-corrected chi connectivity index (χ2v) is 4.09. The predicted molar refractivity (Wildman–Crippen MR) is 67.8 cm³/mol. The normalized spacial score (nSPS) is 20.8. The van der Waals surface area contributed by atoms with Gasteiger partial charge in [0.25, 0.3) is 0 Å². The summed E-state index contributed by atoms with van der Waals surface area (Å²) in [5, 5.41) is 3.54. The summed E-state index contributed by atoms with van der Waals surface area (Å²) in [7, 11) is 0. The average Bonchev–Trinajstić information content (AvgIpc) is 2.33. The summed E-state index contributed by atoms with van der Waals surface area (Å²) in [6.07, 6.45) is 6.29. The van der Waals surface area contributed by atoms with E-state index in [0.29, 0.717) is 11.0 Å². The molecule has 1 atom stereocenters. The van der Waals surface area contributed by atoms with E-state index in [1.54, 1.807) is 0 Å². The van der Waals surface area contributed by atoms with Crippen LogP contribution in [0.15, 0.2) is 35.1 Å². The molecule has 4 N–H and O–H groups in total. The molecule has 82 valence electrons. The quantitative estimate of drug-likeness (QED) is 0.360. The Balaban J connectivity index is 3.00. The molecule has 0 heterocycles.